The number of methoxy groups -OCH3 is 1. The van der Waals surface area contributed by atoms with E-state index in [1.165, 1.54) is 7.11 Å². The van der Waals surface area contributed by atoms with Crippen LogP contribution in [-0.4, -0.2) is 77.2 Å². The molecule has 0 bridgehead atoms. The van der Waals surface area contributed by atoms with Gasteiger partial charge in [-0.25, -0.2) is 14.8 Å². The molecule has 0 N–H and O–H groups in total. The summed E-state index contributed by atoms with van der Waals surface area (Å²) in [5.41, 5.74) is 1.07. The van der Waals surface area contributed by atoms with Crippen molar-refractivity contribution >= 4 is 34.7 Å². The Morgan fingerprint density at radius 2 is 1.72 bits per heavy atom. The Balaban J connectivity index is 1.31. The quantitative estimate of drug-likeness (QED) is 0.528. The summed E-state index contributed by atoms with van der Waals surface area (Å²) in [6, 6.07) is 8.96. The fraction of sp³-hybridized carbons (Fsp3) is 0.318. The first-order valence-electron chi connectivity index (χ1n) is 10.2. The van der Waals surface area contributed by atoms with Crippen molar-refractivity contribution in [2.45, 2.75) is 6.54 Å². The Hall–Kier alpha value is -3.95. The van der Waals surface area contributed by atoms with Crippen LogP contribution in [0, 0.1) is 0 Å². The fourth-order valence-corrected chi connectivity index (χ4v) is 3.68. The van der Waals surface area contributed by atoms with E-state index in [1.54, 1.807) is 52.3 Å². The number of anilines is 1. The Labute approximate surface area is 184 Å². The van der Waals surface area contributed by atoms with Gasteiger partial charge in [0.2, 0.25) is 5.95 Å². The molecule has 1 aliphatic heterocycles. The Kier molecular flexibility index (Phi) is 6.29. The standard InChI is InChI=1S/C22H23N5O5/c1-31-21(30)17-13-27(18-6-3-2-5-16(17)18)14-20(29)32-15-19(28)25-9-11-26(12-10-25)22-23-7-4-8-24-22/h2-8,13H,9-12,14-15H2,1H3. The molecule has 3 heterocycles. The SMILES string of the molecule is COC(=O)c1cn(CC(=O)OCC(=O)N2CCN(c3ncccn3)CC2)c2ccccc12. The van der Waals surface area contributed by atoms with E-state index in [1.807, 2.05) is 11.0 Å². The molecule has 10 nitrogen and oxygen atoms in total. The van der Waals surface area contributed by atoms with Crippen LogP contribution in [0.15, 0.2) is 48.9 Å². The van der Waals surface area contributed by atoms with Gasteiger partial charge in [0.25, 0.3) is 5.91 Å². The maximum Gasteiger partial charge on any atom is 0.340 e. The van der Waals surface area contributed by atoms with Crippen LogP contribution in [0.25, 0.3) is 10.9 Å². The Bertz CT molecular complexity index is 1120. The van der Waals surface area contributed by atoms with E-state index in [0.717, 1.165) is 0 Å². The van der Waals surface area contributed by atoms with E-state index < -0.39 is 11.9 Å². The molecular formula is C22H23N5O5. The summed E-state index contributed by atoms with van der Waals surface area (Å²) in [4.78, 5) is 49.0. The second-order valence-electron chi connectivity index (χ2n) is 7.26. The molecule has 166 valence electrons. The molecule has 32 heavy (non-hydrogen) atoms. The first kappa shape index (κ1) is 21.3. The van der Waals surface area contributed by atoms with Crippen molar-refractivity contribution < 1.29 is 23.9 Å². The molecule has 1 amide bonds. The summed E-state index contributed by atoms with van der Waals surface area (Å²) in [7, 11) is 1.31. The average Bonchev–Trinajstić information content (AvgIpc) is 3.21. The maximum absolute atomic E-state index is 12.5. The highest BCUT2D eigenvalue weighted by atomic mass is 16.5. The molecule has 0 radical (unpaired) electrons. The van der Waals surface area contributed by atoms with Crippen molar-refractivity contribution in [2.24, 2.45) is 0 Å². The van der Waals surface area contributed by atoms with Crippen molar-refractivity contribution in [3.8, 4) is 0 Å². The molecule has 2 aromatic heterocycles. The molecule has 0 saturated carbocycles. The molecule has 0 unspecified atom stereocenters. The zero-order valence-electron chi connectivity index (χ0n) is 17.6. The zero-order chi connectivity index (χ0) is 22.5. The van der Waals surface area contributed by atoms with Crippen molar-refractivity contribution in [1.82, 2.24) is 19.4 Å². The first-order valence-corrected chi connectivity index (χ1v) is 10.2. The largest absolute Gasteiger partial charge is 0.465 e. The number of hydrogen-bond acceptors (Lipinski definition) is 8. The number of hydrogen-bond donors (Lipinski definition) is 0. The lowest BCUT2D eigenvalue weighted by molar-refractivity contribution is -0.152. The Morgan fingerprint density at radius 1 is 1.00 bits per heavy atom. The van der Waals surface area contributed by atoms with Crippen molar-refractivity contribution in [3.63, 3.8) is 0 Å². The van der Waals surface area contributed by atoms with Gasteiger partial charge >= 0.3 is 11.9 Å². The minimum Gasteiger partial charge on any atom is -0.465 e. The summed E-state index contributed by atoms with van der Waals surface area (Å²) in [6.07, 6.45) is 4.92. The van der Waals surface area contributed by atoms with E-state index in [2.05, 4.69) is 9.97 Å². The summed E-state index contributed by atoms with van der Waals surface area (Å²) >= 11 is 0. The molecular weight excluding hydrogens is 414 g/mol. The van der Waals surface area contributed by atoms with Gasteiger partial charge in [-0.2, -0.15) is 0 Å². The molecule has 1 fully saturated rings. The van der Waals surface area contributed by atoms with Crippen LogP contribution in [-0.2, 0) is 25.6 Å². The number of para-hydroxylation sites is 1. The van der Waals surface area contributed by atoms with Gasteiger partial charge in [0.15, 0.2) is 6.61 Å². The number of esters is 2. The topological polar surface area (TPSA) is 107 Å². The van der Waals surface area contributed by atoms with Crippen LogP contribution >= 0.6 is 0 Å². The van der Waals surface area contributed by atoms with Gasteiger partial charge in [0, 0.05) is 55.7 Å². The van der Waals surface area contributed by atoms with E-state index in [0.29, 0.717) is 48.6 Å². The first-order chi connectivity index (χ1) is 15.6. The lowest BCUT2D eigenvalue weighted by Crippen LogP contribution is -2.50. The third-order valence-electron chi connectivity index (χ3n) is 5.32. The van der Waals surface area contributed by atoms with Crippen molar-refractivity contribution in [2.75, 3.05) is 44.8 Å². The molecule has 1 aromatic carbocycles. The predicted molar refractivity (Wildman–Crippen MR) is 115 cm³/mol. The second-order valence-corrected chi connectivity index (χ2v) is 7.26. The number of nitrogens with zero attached hydrogens (tertiary/aromatic N) is 5. The number of amides is 1. The number of ether oxygens (including phenoxy) is 2. The molecule has 4 rings (SSSR count). The normalized spacial score (nSPS) is 13.8. The molecule has 10 heteroatoms. The third kappa shape index (κ3) is 4.53. The summed E-state index contributed by atoms with van der Waals surface area (Å²) < 4.78 is 11.6. The van der Waals surface area contributed by atoms with E-state index in [9.17, 15) is 14.4 Å². The highest BCUT2D eigenvalue weighted by molar-refractivity contribution is 6.04. The van der Waals surface area contributed by atoms with Gasteiger partial charge < -0.3 is 23.8 Å². The van der Waals surface area contributed by atoms with Gasteiger partial charge in [0.1, 0.15) is 6.54 Å². The molecule has 3 aromatic rings. The van der Waals surface area contributed by atoms with Gasteiger partial charge in [-0.05, 0) is 12.1 Å². The molecule has 1 saturated heterocycles. The number of carbonyl (C=O) groups excluding carboxylic acids is 3. The minimum absolute atomic E-state index is 0.121. The van der Waals surface area contributed by atoms with Gasteiger partial charge in [0.05, 0.1) is 12.7 Å². The number of aromatic nitrogens is 3. The smallest absolute Gasteiger partial charge is 0.340 e. The molecule has 0 atom stereocenters. The van der Waals surface area contributed by atoms with Crippen LogP contribution in [0.4, 0.5) is 5.95 Å². The van der Waals surface area contributed by atoms with Gasteiger partial charge in [-0.1, -0.05) is 18.2 Å². The van der Waals surface area contributed by atoms with Crippen LogP contribution in [0.5, 0.6) is 0 Å². The van der Waals surface area contributed by atoms with Crippen molar-refractivity contribution in [3.05, 3.63) is 54.5 Å². The van der Waals surface area contributed by atoms with Crippen LogP contribution in [0.3, 0.4) is 0 Å². The summed E-state index contributed by atoms with van der Waals surface area (Å²) in [5.74, 6) is -0.661. The lowest BCUT2D eigenvalue weighted by atomic mass is 10.2. The zero-order valence-corrected chi connectivity index (χ0v) is 17.6. The average molecular weight is 437 g/mol. The second kappa shape index (κ2) is 9.46. The Morgan fingerprint density at radius 3 is 2.44 bits per heavy atom. The molecule has 1 aliphatic rings. The summed E-state index contributed by atoms with van der Waals surface area (Å²) in [5, 5.41) is 0.684. The fourth-order valence-electron chi connectivity index (χ4n) is 3.68. The summed E-state index contributed by atoms with van der Waals surface area (Å²) in [6.45, 7) is 1.76. The highest BCUT2D eigenvalue weighted by Gasteiger charge is 2.23. The monoisotopic (exact) mass is 437 g/mol. The van der Waals surface area contributed by atoms with Crippen LogP contribution in [0.1, 0.15) is 10.4 Å². The lowest BCUT2D eigenvalue weighted by Gasteiger charge is -2.34. The number of carbonyl (C=O) groups is 3. The van der Waals surface area contributed by atoms with E-state index in [4.69, 9.17) is 9.47 Å². The van der Waals surface area contributed by atoms with Crippen molar-refractivity contribution in [1.29, 1.82) is 0 Å². The predicted octanol–water partition coefficient (Wildman–Crippen LogP) is 1.11. The van der Waals surface area contributed by atoms with Crippen LogP contribution in [0.2, 0.25) is 0 Å². The number of piperazine rings is 1. The minimum atomic E-state index is -0.563. The van der Waals surface area contributed by atoms with Gasteiger partial charge in [-0.3, -0.25) is 9.59 Å². The van der Waals surface area contributed by atoms with E-state index in [-0.39, 0.29) is 19.1 Å². The van der Waals surface area contributed by atoms with Crippen LogP contribution < -0.4 is 4.90 Å². The van der Waals surface area contributed by atoms with Gasteiger partial charge in [-0.15, -0.1) is 0 Å². The maximum atomic E-state index is 12.5. The third-order valence-corrected chi connectivity index (χ3v) is 5.32. The number of fused-ring (bicyclic) bond motifs is 1. The molecule has 0 spiro atoms. The number of rotatable bonds is 6. The highest BCUT2D eigenvalue weighted by Crippen LogP contribution is 2.22. The van der Waals surface area contributed by atoms with E-state index >= 15 is 0 Å². The number of benzene rings is 1. The molecule has 0 aliphatic carbocycles.